The van der Waals surface area contributed by atoms with Gasteiger partial charge in [0.05, 0.1) is 0 Å². The van der Waals surface area contributed by atoms with E-state index >= 15 is 0 Å². The number of hydrogen-bond donors (Lipinski definition) is 4. The minimum atomic E-state index is -5.08. The Labute approximate surface area is 178 Å². The SMILES string of the molecule is CNCc1ccc(F)cc1.NC1CCSCC1.O=C(O)C(F)(F)F.O=C(O)C(F)(F)F. The molecule has 180 valence electrons. The number of hydrogen-bond acceptors (Lipinski definition) is 5. The molecule has 0 aliphatic carbocycles. The number of rotatable bonds is 2. The summed E-state index contributed by atoms with van der Waals surface area (Å²) in [5, 5.41) is 17.2. The number of nitrogens with two attached hydrogens (primary N) is 1. The van der Waals surface area contributed by atoms with Crippen molar-refractivity contribution in [1.82, 2.24) is 5.32 Å². The van der Waals surface area contributed by atoms with E-state index in [-0.39, 0.29) is 5.82 Å². The lowest BCUT2D eigenvalue weighted by atomic mass is 10.2. The number of benzene rings is 1. The second-order valence-electron chi connectivity index (χ2n) is 5.71. The molecule has 1 saturated heterocycles. The first-order valence-corrected chi connectivity index (χ1v) is 9.59. The van der Waals surface area contributed by atoms with Gasteiger partial charge in [-0.25, -0.2) is 14.0 Å². The fourth-order valence-corrected chi connectivity index (χ4v) is 2.67. The highest BCUT2D eigenvalue weighted by atomic mass is 32.2. The summed E-state index contributed by atoms with van der Waals surface area (Å²) >= 11 is 2.02. The van der Waals surface area contributed by atoms with E-state index in [1.807, 2.05) is 18.8 Å². The van der Waals surface area contributed by atoms with Crippen molar-refractivity contribution in [3.63, 3.8) is 0 Å². The first-order valence-electron chi connectivity index (χ1n) is 8.43. The third-order valence-corrected chi connectivity index (χ3v) is 4.09. The molecule has 0 radical (unpaired) electrons. The zero-order chi connectivity index (χ0) is 24.7. The molecule has 6 nitrogen and oxygen atoms in total. The molecule has 0 bridgehead atoms. The predicted molar refractivity (Wildman–Crippen MR) is 101 cm³/mol. The van der Waals surface area contributed by atoms with Gasteiger partial charge >= 0.3 is 24.3 Å². The van der Waals surface area contributed by atoms with Crippen LogP contribution in [0, 0.1) is 5.82 Å². The van der Waals surface area contributed by atoms with Gasteiger partial charge in [0.15, 0.2) is 0 Å². The largest absolute Gasteiger partial charge is 0.490 e. The molecule has 5 N–H and O–H groups in total. The quantitative estimate of drug-likeness (QED) is 0.474. The van der Waals surface area contributed by atoms with Crippen LogP contribution in [0.25, 0.3) is 0 Å². The third-order valence-electron chi connectivity index (χ3n) is 3.05. The summed E-state index contributed by atoms with van der Waals surface area (Å²) in [4.78, 5) is 17.8. The van der Waals surface area contributed by atoms with Crippen LogP contribution in [0.4, 0.5) is 30.7 Å². The van der Waals surface area contributed by atoms with Gasteiger partial charge in [0.2, 0.25) is 0 Å². The molecule has 1 aromatic carbocycles. The number of alkyl halides is 6. The normalized spacial score (nSPS) is 14.0. The molecule has 1 heterocycles. The van der Waals surface area contributed by atoms with Gasteiger partial charge in [-0.05, 0) is 49.1 Å². The van der Waals surface area contributed by atoms with Gasteiger partial charge in [0, 0.05) is 12.6 Å². The Hall–Kier alpha value is -2.06. The van der Waals surface area contributed by atoms with Crippen molar-refractivity contribution in [2.45, 2.75) is 37.8 Å². The number of thioether (sulfide) groups is 1. The molecule has 0 atom stereocenters. The number of carboxylic acid groups (broad SMARTS) is 2. The van der Waals surface area contributed by atoms with Gasteiger partial charge < -0.3 is 21.3 Å². The van der Waals surface area contributed by atoms with Crippen LogP contribution in [0.1, 0.15) is 18.4 Å². The Kier molecular flexibility index (Phi) is 15.8. The van der Waals surface area contributed by atoms with Gasteiger partial charge in [-0.15, -0.1) is 0 Å². The van der Waals surface area contributed by atoms with E-state index < -0.39 is 24.3 Å². The van der Waals surface area contributed by atoms with Crippen molar-refractivity contribution in [3.8, 4) is 0 Å². The number of carboxylic acids is 2. The average Bonchev–Trinajstić information content (AvgIpc) is 2.64. The van der Waals surface area contributed by atoms with E-state index in [2.05, 4.69) is 5.32 Å². The van der Waals surface area contributed by atoms with E-state index in [1.165, 1.54) is 36.5 Å². The van der Waals surface area contributed by atoms with Crippen molar-refractivity contribution in [3.05, 3.63) is 35.6 Å². The fraction of sp³-hybridized carbons (Fsp3) is 0.529. The molecule has 0 aromatic heterocycles. The number of aliphatic carboxylic acids is 2. The predicted octanol–water partition coefficient (Wildman–Crippen LogP) is 3.65. The minimum Gasteiger partial charge on any atom is -0.475 e. The van der Waals surface area contributed by atoms with Crippen LogP contribution < -0.4 is 11.1 Å². The van der Waals surface area contributed by atoms with Crippen LogP contribution in [0.5, 0.6) is 0 Å². The zero-order valence-corrected chi connectivity index (χ0v) is 17.1. The third kappa shape index (κ3) is 19.6. The Bertz CT molecular complexity index is 611. The monoisotopic (exact) mass is 484 g/mol. The number of carbonyl (C=O) groups is 2. The maximum Gasteiger partial charge on any atom is 0.490 e. The molecule has 1 aliphatic heterocycles. The molecule has 1 aromatic rings. The lowest BCUT2D eigenvalue weighted by molar-refractivity contribution is -0.193. The van der Waals surface area contributed by atoms with Crippen LogP contribution >= 0.6 is 11.8 Å². The van der Waals surface area contributed by atoms with Crippen LogP contribution in [0.2, 0.25) is 0 Å². The molecule has 0 amide bonds. The summed E-state index contributed by atoms with van der Waals surface area (Å²) in [6, 6.07) is 6.98. The lowest BCUT2D eigenvalue weighted by Gasteiger charge is -2.15. The van der Waals surface area contributed by atoms with Crippen LogP contribution in [-0.4, -0.2) is 59.1 Å². The highest BCUT2D eigenvalue weighted by molar-refractivity contribution is 7.99. The van der Waals surface area contributed by atoms with Crippen molar-refractivity contribution in [2.75, 3.05) is 18.6 Å². The summed E-state index contributed by atoms with van der Waals surface area (Å²) in [6.45, 7) is 0.792. The van der Waals surface area contributed by atoms with Crippen LogP contribution in [0.15, 0.2) is 24.3 Å². The average molecular weight is 484 g/mol. The maximum absolute atomic E-state index is 12.3. The van der Waals surface area contributed by atoms with Gasteiger partial charge in [-0.3, -0.25) is 0 Å². The summed E-state index contributed by atoms with van der Waals surface area (Å²) in [6.07, 6.45) is -7.71. The van der Waals surface area contributed by atoms with E-state index in [1.54, 1.807) is 12.1 Å². The standard InChI is InChI=1S/C8H10FN.C5H11NS.2C2HF3O2/c1-10-6-7-2-4-8(9)5-3-7;6-5-1-3-7-4-2-5;2*3-2(4,5)1(6)7/h2-5,10H,6H2,1H3;5H,1-4,6H2;2*(H,6,7). The smallest absolute Gasteiger partial charge is 0.475 e. The van der Waals surface area contributed by atoms with E-state index in [9.17, 15) is 30.7 Å². The molecule has 1 fully saturated rings. The van der Waals surface area contributed by atoms with Crippen molar-refractivity contribution in [1.29, 1.82) is 0 Å². The molecule has 2 rings (SSSR count). The van der Waals surface area contributed by atoms with Crippen molar-refractivity contribution in [2.24, 2.45) is 5.73 Å². The topological polar surface area (TPSA) is 113 Å². The number of halogens is 7. The molecule has 31 heavy (non-hydrogen) atoms. The van der Waals surface area contributed by atoms with Crippen LogP contribution in [0.3, 0.4) is 0 Å². The molecule has 0 unspecified atom stereocenters. The first-order chi connectivity index (χ1) is 14.1. The molecule has 14 heteroatoms. The maximum atomic E-state index is 12.3. The Morgan fingerprint density at radius 2 is 1.35 bits per heavy atom. The molecule has 0 saturated carbocycles. The lowest BCUT2D eigenvalue weighted by Crippen LogP contribution is -2.24. The molecular formula is C17H23F7N2O4S. The van der Waals surface area contributed by atoms with E-state index in [0.29, 0.717) is 6.04 Å². The Morgan fingerprint density at radius 3 is 1.58 bits per heavy atom. The zero-order valence-electron chi connectivity index (χ0n) is 16.3. The van der Waals surface area contributed by atoms with Gasteiger partial charge in [-0.2, -0.15) is 38.1 Å². The first kappa shape index (κ1) is 31.1. The highest BCUT2D eigenvalue weighted by Crippen LogP contribution is 2.15. The van der Waals surface area contributed by atoms with Crippen molar-refractivity contribution >= 4 is 23.7 Å². The van der Waals surface area contributed by atoms with Gasteiger partial charge in [0.1, 0.15) is 5.82 Å². The summed E-state index contributed by atoms with van der Waals surface area (Å²) < 4.78 is 75.8. The Morgan fingerprint density at radius 1 is 1.00 bits per heavy atom. The highest BCUT2D eigenvalue weighted by Gasteiger charge is 2.38. The summed E-state index contributed by atoms with van der Waals surface area (Å²) in [7, 11) is 1.86. The second-order valence-corrected chi connectivity index (χ2v) is 6.94. The second kappa shape index (κ2) is 15.7. The van der Waals surface area contributed by atoms with Gasteiger partial charge in [0.25, 0.3) is 0 Å². The van der Waals surface area contributed by atoms with E-state index in [0.717, 1.165) is 12.1 Å². The summed E-state index contributed by atoms with van der Waals surface area (Å²) in [5.74, 6) is -3.14. The number of nitrogens with one attached hydrogen (secondary N) is 1. The van der Waals surface area contributed by atoms with E-state index in [4.69, 9.17) is 25.5 Å². The fourth-order valence-electron chi connectivity index (χ4n) is 1.52. The minimum absolute atomic E-state index is 0.181. The van der Waals surface area contributed by atoms with Crippen molar-refractivity contribution < 1.29 is 50.5 Å². The summed E-state index contributed by atoms with van der Waals surface area (Å²) in [5.41, 5.74) is 6.72. The van der Waals surface area contributed by atoms with Crippen LogP contribution in [-0.2, 0) is 16.1 Å². The molecular weight excluding hydrogens is 461 g/mol. The Balaban J connectivity index is 0. The molecule has 1 aliphatic rings. The van der Waals surface area contributed by atoms with Gasteiger partial charge in [-0.1, -0.05) is 12.1 Å². The molecule has 0 spiro atoms.